The lowest BCUT2D eigenvalue weighted by atomic mass is 10.0. The second-order valence-corrected chi connectivity index (χ2v) is 9.29. The quantitative estimate of drug-likeness (QED) is 0.900. The average molecular weight is 325 g/mol. The number of hydrogen-bond acceptors (Lipinski definition) is 4. The lowest BCUT2D eigenvalue weighted by molar-refractivity contribution is 0.223. The molecule has 2 heterocycles. The number of imidazole rings is 1. The maximum Gasteiger partial charge on any atom is 0.147 e. The summed E-state index contributed by atoms with van der Waals surface area (Å²) in [5, 5.41) is 0. The van der Waals surface area contributed by atoms with Gasteiger partial charge < -0.3 is 4.98 Å². The average Bonchev–Trinajstić information content (AvgIpc) is 3.01. The highest BCUT2D eigenvalue weighted by molar-refractivity contribution is 7.90. The van der Waals surface area contributed by atoms with E-state index in [1.54, 1.807) is 0 Å². The van der Waals surface area contributed by atoms with Crippen LogP contribution >= 0.6 is 0 Å². The van der Waals surface area contributed by atoms with E-state index < -0.39 is 9.84 Å². The van der Waals surface area contributed by atoms with Crippen molar-refractivity contribution in [3.63, 3.8) is 0 Å². The maximum absolute atomic E-state index is 11.5. The first-order valence-corrected chi connectivity index (χ1v) is 10.5. The fourth-order valence-electron chi connectivity index (χ4n) is 3.96. The topological polar surface area (TPSA) is 66.1 Å². The van der Waals surface area contributed by atoms with E-state index in [1.807, 2.05) is 6.92 Å². The summed E-state index contributed by atoms with van der Waals surface area (Å²) in [6.07, 6.45) is 8.35. The molecule has 0 unspecified atom stereocenters. The Labute approximate surface area is 133 Å². The Morgan fingerprint density at radius 1 is 1.32 bits per heavy atom. The van der Waals surface area contributed by atoms with Crippen LogP contribution in [-0.2, 0) is 22.7 Å². The summed E-state index contributed by atoms with van der Waals surface area (Å²) in [7, 11) is -2.90. The van der Waals surface area contributed by atoms with Crippen molar-refractivity contribution in [2.45, 2.75) is 51.5 Å². The number of nitrogens with one attached hydrogen (secondary N) is 1. The van der Waals surface area contributed by atoms with Crippen molar-refractivity contribution in [2.24, 2.45) is 5.92 Å². The highest BCUT2D eigenvalue weighted by Crippen LogP contribution is 2.32. The highest BCUT2D eigenvalue weighted by Gasteiger charge is 2.31. The Kier molecular flexibility index (Phi) is 4.59. The Hall–Kier alpha value is -0.880. The van der Waals surface area contributed by atoms with E-state index in [9.17, 15) is 8.42 Å². The van der Waals surface area contributed by atoms with Gasteiger partial charge in [0.2, 0.25) is 0 Å². The molecule has 0 radical (unpaired) electrons. The van der Waals surface area contributed by atoms with Crippen LogP contribution in [0.2, 0.25) is 0 Å². The van der Waals surface area contributed by atoms with Crippen molar-refractivity contribution in [1.82, 2.24) is 14.9 Å². The third kappa shape index (κ3) is 3.71. The summed E-state index contributed by atoms with van der Waals surface area (Å²) in [6, 6.07) is 0.340. The van der Waals surface area contributed by atoms with Crippen LogP contribution in [0.4, 0.5) is 0 Å². The predicted octanol–water partition coefficient (Wildman–Crippen LogP) is 2.11. The smallest absolute Gasteiger partial charge is 0.147 e. The number of H-pyrrole nitrogens is 1. The van der Waals surface area contributed by atoms with Gasteiger partial charge in [-0.05, 0) is 51.0 Å². The van der Waals surface area contributed by atoms with Crippen molar-refractivity contribution in [1.29, 1.82) is 0 Å². The number of aromatic amines is 1. The molecule has 6 heteroatoms. The number of rotatable bonds is 5. The monoisotopic (exact) mass is 325 g/mol. The van der Waals surface area contributed by atoms with E-state index in [0.717, 1.165) is 38.2 Å². The molecule has 1 aromatic rings. The number of nitrogens with zero attached hydrogens (tertiary/aromatic N) is 2. The van der Waals surface area contributed by atoms with Crippen LogP contribution in [0.25, 0.3) is 0 Å². The largest absolute Gasteiger partial charge is 0.344 e. The molecule has 1 fully saturated rings. The second-order valence-electron chi connectivity index (χ2n) is 7.10. The molecule has 0 amide bonds. The molecule has 0 aromatic carbocycles. The van der Waals surface area contributed by atoms with E-state index in [0.29, 0.717) is 6.04 Å². The van der Waals surface area contributed by atoms with Crippen LogP contribution in [0.15, 0.2) is 0 Å². The van der Waals surface area contributed by atoms with Crippen molar-refractivity contribution >= 4 is 9.84 Å². The van der Waals surface area contributed by atoms with Gasteiger partial charge in [0.1, 0.15) is 15.7 Å². The third-order valence-corrected chi connectivity index (χ3v) is 5.96. The number of sulfone groups is 1. The minimum absolute atomic E-state index is 0.167. The SMILES string of the molecule is C[C@H](CN1CCC[C@@H]1c1nc2c([nH]1)CCCC2)CS(C)(=O)=O. The van der Waals surface area contributed by atoms with E-state index in [-0.39, 0.29) is 11.7 Å². The number of aryl methyl sites for hydroxylation is 2. The zero-order valence-electron chi connectivity index (χ0n) is 13.6. The Morgan fingerprint density at radius 3 is 2.82 bits per heavy atom. The molecule has 0 bridgehead atoms. The molecule has 1 aliphatic carbocycles. The fourth-order valence-corrected chi connectivity index (χ4v) is 5.10. The van der Waals surface area contributed by atoms with Crippen molar-refractivity contribution in [3.8, 4) is 0 Å². The minimum atomic E-state index is -2.90. The van der Waals surface area contributed by atoms with Gasteiger partial charge in [-0.15, -0.1) is 0 Å². The number of likely N-dealkylation sites (tertiary alicyclic amines) is 1. The fraction of sp³-hybridized carbons (Fsp3) is 0.812. The maximum atomic E-state index is 11.5. The molecule has 2 aliphatic rings. The zero-order chi connectivity index (χ0) is 15.7. The van der Waals surface area contributed by atoms with Gasteiger partial charge in [-0.1, -0.05) is 6.92 Å². The van der Waals surface area contributed by atoms with Crippen LogP contribution in [0, 0.1) is 5.92 Å². The number of hydrogen-bond donors (Lipinski definition) is 1. The van der Waals surface area contributed by atoms with E-state index in [4.69, 9.17) is 4.98 Å². The van der Waals surface area contributed by atoms with Gasteiger partial charge in [-0.3, -0.25) is 4.90 Å². The molecule has 1 saturated heterocycles. The summed E-state index contributed by atoms with van der Waals surface area (Å²) in [4.78, 5) is 10.8. The van der Waals surface area contributed by atoms with E-state index in [1.165, 1.54) is 36.9 Å². The number of aromatic nitrogens is 2. The molecule has 1 N–H and O–H groups in total. The second kappa shape index (κ2) is 6.32. The van der Waals surface area contributed by atoms with Gasteiger partial charge in [0.15, 0.2) is 0 Å². The highest BCUT2D eigenvalue weighted by atomic mass is 32.2. The summed E-state index contributed by atoms with van der Waals surface area (Å²) in [6.45, 7) is 3.91. The molecule has 1 aromatic heterocycles. The first-order valence-electron chi connectivity index (χ1n) is 8.42. The Balaban J connectivity index is 1.69. The number of fused-ring (bicyclic) bond motifs is 1. The Morgan fingerprint density at radius 2 is 2.09 bits per heavy atom. The third-order valence-electron chi connectivity index (χ3n) is 4.79. The summed E-state index contributed by atoms with van der Waals surface area (Å²) >= 11 is 0. The first kappa shape index (κ1) is 16.0. The summed E-state index contributed by atoms with van der Waals surface area (Å²) in [5.41, 5.74) is 2.59. The van der Waals surface area contributed by atoms with Crippen LogP contribution in [0.1, 0.15) is 55.9 Å². The lowest BCUT2D eigenvalue weighted by Crippen LogP contribution is -2.31. The molecule has 1 aliphatic heterocycles. The van der Waals surface area contributed by atoms with Gasteiger partial charge in [-0.25, -0.2) is 13.4 Å². The van der Waals surface area contributed by atoms with Crippen LogP contribution in [-0.4, -0.2) is 48.4 Å². The molecule has 124 valence electrons. The minimum Gasteiger partial charge on any atom is -0.344 e. The van der Waals surface area contributed by atoms with E-state index >= 15 is 0 Å². The molecular formula is C16H27N3O2S. The van der Waals surface area contributed by atoms with Gasteiger partial charge in [-0.2, -0.15) is 0 Å². The van der Waals surface area contributed by atoms with Crippen molar-refractivity contribution < 1.29 is 8.42 Å². The molecule has 2 atom stereocenters. The summed E-state index contributed by atoms with van der Waals surface area (Å²) < 4.78 is 22.9. The Bertz CT molecular complexity index is 600. The molecule has 22 heavy (non-hydrogen) atoms. The van der Waals surface area contributed by atoms with Crippen molar-refractivity contribution in [3.05, 3.63) is 17.2 Å². The molecular weight excluding hydrogens is 298 g/mol. The van der Waals surface area contributed by atoms with Crippen LogP contribution in [0.3, 0.4) is 0 Å². The molecule has 0 saturated carbocycles. The van der Waals surface area contributed by atoms with Gasteiger partial charge in [0.25, 0.3) is 0 Å². The molecule has 5 nitrogen and oxygen atoms in total. The van der Waals surface area contributed by atoms with Crippen molar-refractivity contribution in [2.75, 3.05) is 25.1 Å². The van der Waals surface area contributed by atoms with Gasteiger partial charge in [0.05, 0.1) is 17.5 Å². The van der Waals surface area contributed by atoms with Crippen LogP contribution in [0.5, 0.6) is 0 Å². The van der Waals surface area contributed by atoms with Gasteiger partial charge in [0, 0.05) is 18.5 Å². The molecule has 3 rings (SSSR count). The van der Waals surface area contributed by atoms with Crippen LogP contribution < -0.4 is 0 Å². The standard InChI is InChI=1S/C16H27N3O2S/c1-12(11-22(2,20)21)10-19-9-5-8-15(19)16-17-13-6-3-4-7-14(13)18-16/h12,15H,3-11H2,1-2H3,(H,17,18)/t12-,15-/m1/s1. The van der Waals surface area contributed by atoms with E-state index in [2.05, 4.69) is 9.88 Å². The normalized spacial score (nSPS) is 24.4. The van der Waals surface area contributed by atoms with Gasteiger partial charge >= 0.3 is 0 Å². The predicted molar refractivity (Wildman–Crippen MR) is 87.7 cm³/mol. The first-order chi connectivity index (χ1) is 10.4. The zero-order valence-corrected chi connectivity index (χ0v) is 14.5. The lowest BCUT2D eigenvalue weighted by Gasteiger charge is -2.25. The summed E-state index contributed by atoms with van der Waals surface area (Å²) in [5.74, 6) is 1.54. The molecule has 0 spiro atoms.